The van der Waals surface area contributed by atoms with Crippen molar-refractivity contribution in [2.45, 2.75) is 18.5 Å². The van der Waals surface area contributed by atoms with Crippen LogP contribution >= 0.6 is 11.8 Å². The van der Waals surface area contributed by atoms with Gasteiger partial charge in [0.1, 0.15) is 6.54 Å². The zero-order chi connectivity index (χ0) is 23.2. The summed E-state index contributed by atoms with van der Waals surface area (Å²) in [6.45, 7) is 2.02. The second kappa shape index (κ2) is 10.2. The highest BCUT2D eigenvalue weighted by Crippen LogP contribution is 2.23. The molecule has 0 fully saturated rings. The molecule has 1 heterocycles. The lowest BCUT2D eigenvalue weighted by atomic mass is 10.1. The van der Waals surface area contributed by atoms with Gasteiger partial charge in [0.2, 0.25) is 5.91 Å². The highest BCUT2D eigenvalue weighted by Gasteiger charge is 2.19. The first-order valence-electron chi connectivity index (χ1n) is 10.6. The van der Waals surface area contributed by atoms with E-state index in [0.717, 1.165) is 6.42 Å². The number of thioether (sulfide) groups is 1. The summed E-state index contributed by atoms with van der Waals surface area (Å²) in [4.78, 5) is 32.5. The van der Waals surface area contributed by atoms with Crippen LogP contribution in [0.5, 0.6) is 0 Å². The van der Waals surface area contributed by atoms with Crippen LogP contribution in [0.1, 0.15) is 12.5 Å². The van der Waals surface area contributed by atoms with E-state index in [1.54, 1.807) is 28.8 Å². The van der Waals surface area contributed by atoms with Crippen LogP contribution in [0.2, 0.25) is 0 Å². The summed E-state index contributed by atoms with van der Waals surface area (Å²) in [6.07, 6.45) is 0.898. The summed E-state index contributed by atoms with van der Waals surface area (Å²) in [5.74, 6) is -0.197. The van der Waals surface area contributed by atoms with Gasteiger partial charge in [-0.1, -0.05) is 61.2 Å². The van der Waals surface area contributed by atoms with Gasteiger partial charge in [-0.3, -0.25) is 19.1 Å². The van der Waals surface area contributed by atoms with E-state index in [-0.39, 0.29) is 23.8 Å². The normalized spacial score (nSPS) is 10.7. The first kappa shape index (κ1) is 22.3. The van der Waals surface area contributed by atoms with Crippen LogP contribution in [0.4, 0.5) is 5.69 Å². The molecule has 0 saturated heterocycles. The fraction of sp³-hybridized carbons (Fsp3) is 0.154. The quantitative estimate of drug-likeness (QED) is 0.232. The largest absolute Gasteiger partial charge is 0.298 e. The molecule has 1 amide bonds. The lowest BCUT2D eigenvalue weighted by Crippen LogP contribution is -2.33. The fourth-order valence-corrected chi connectivity index (χ4v) is 4.41. The summed E-state index contributed by atoms with van der Waals surface area (Å²) in [7, 11) is 0. The van der Waals surface area contributed by atoms with Crippen molar-refractivity contribution in [1.82, 2.24) is 9.55 Å². The second-order valence-corrected chi connectivity index (χ2v) is 8.28. The van der Waals surface area contributed by atoms with Gasteiger partial charge in [-0.15, -0.1) is 0 Å². The molecule has 4 aromatic rings. The van der Waals surface area contributed by atoms with Gasteiger partial charge in [-0.2, -0.15) is 5.26 Å². The van der Waals surface area contributed by atoms with E-state index in [0.29, 0.717) is 27.4 Å². The predicted molar refractivity (Wildman–Crippen MR) is 132 cm³/mol. The maximum absolute atomic E-state index is 13.4. The van der Waals surface area contributed by atoms with Crippen LogP contribution in [0.3, 0.4) is 0 Å². The van der Waals surface area contributed by atoms with Gasteiger partial charge in [0, 0.05) is 5.69 Å². The van der Waals surface area contributed by atoms with Crippen LogP contribution < -0.4 is 10.5 Å². The third-order valence-corrected chi connectivity index (χ3v) is 6.19. The average molecular weight is 455 g/mol. The van der Waals surface area contributed by atoms with Gasteiger partial charge in [0.05, 0.1) is 28.4 Å². The van der Waals surface area contributed by atoms with Gasteiger partial charge in [0.25, 0.3) is 5.56 Å². The molecule has 0 N–H and O–H groups in total. The number of fused-ring (bicyclic) bond motifs is 1. The number of rotatable bonds is 7. The Balaban J connectivity index is 1.71. The van der Waals surface area contributed by atoms with Crippen molar-refractivity contribution in [2.75, 3.05) is 17.2 Å². The van der Waals surface area contributed by atoms with Crippen molar-refractivity contribution in [3.05, 3.63) is 94.8 Å². The molecule has 0 radical (unpaired) electrons. The van der Waals surface area contributed by atoms with Crippen molar-refractivity contribution in [3.63, 3.8) is 0 Å². The molecule has 7 heteroatoms. The number of amides is 1. The number of carbonyl (C=O) groups is 1. The monoisotopic (exact) mass is 454 g/mol. The maximum Gasteiger partial charge on any atom is 0.266 e. The molecule has 0 spiro atoms. The van der Waals surface area contributed by atoms with Gasteiger partial charge < -0.3 is 0 Å². The van der Waals surface area contributed by atoms with Gasteiger partial charge in [-0.05, 0) is 48.4 Å². The maximum atomic E-state index is 13.4. The lowest BCUT2D eigenvalue weighted by Gasteiger charge is -2.20. The summed E-state index contributed by atoms with van der Waals surface area (Å²) >= 11 is 1.19. The average Bonchev–Trinajstić information content (AvgIpc) is 2.86. The molecular weight excluding hydrogens is 432 g/mol. The number of benzene rings is 3. The highest BCUT2D eigenvalue weighted by molar-refractivity contribution is 7.99. The molecule has 0 aliphatic heterocycles. The summed E-state index contributed by atoms with van der Waals surface area (Å²) in [5, 5.41) is 10.2. The number of aromatic nitrogens is 2. The van der Waals surface area contributed by atoms with E-state index in [1.807, 2.05) is 54.6 Å². The number of aryl methyl sites for hydroxylation is 1. The van der Waals surface area contributed by atoms with Crippen LogP contribution in [0, 0.1) is 11.3 Å². The number of hydrogen-bond acceptors (Lipinski definition) is 5. The molecule has 164 valence electrons. The summed E-state index contributed by atoms with van der Waals surface area (Å²) in [5.41, 5.74) is 2.92. The molecule has 0 bridgehead atoms. The zero-order valence-electron chi connectivity index (χ0n) is 18.1. The van der Waals surface area contributed by atoms with Gasteiger partial charge in [-0.25, -0.2) is 4.98 Å². The van der Waals surface area contributed by atoms with Crippen LogP contribution in [-0.4, -0.2) is 27.8 Å². The third-order valence-electron chi connectivity index (χ3n) is 5.27. The predicted octanol–water partition coefficient (Wildman–Crippen LogP) is 4.60. The lowest BCUT2D eigenvalue weighted by molar-refractivity contribution is -0.116. The Morgan fingerprint density at radius 3 is 2.42 bits per heavy atom. The van der Waals surface area contributed by atoms with Crippen LogP contribution in [0.15, 0.2) is 88.8 Å². The number of hydrogen-bond donors (Lipinski definition) is 0. The van der Waals surface area contributed by atoms with E-state index < -0.39 is 0 Å². The number of para-hydroxylation sites is 2. The Morgan fingerprint density at radius 2 is 1.73 bits per heavy atom. The number of anilines is 1. The number of nitriles is 1. The minimum absolute atomic E-state index is 0.0361. The van der Waals surface area contributed by atoms with Gasteiger partial charge >= 0.3 is 0 Å². The molecule has 0 saturated carbocycles. The Bertz CT molecular complexity index is 1380. The SMILES string of the molecule is CCc1ccc(-n2c(SCC(=O)N(CC#N)c3ccccc3)nc3ccccc3c2=O)cc1. The molecule has 0 aliphatic rings. The first-order chi connectivity index (χ1) is 16.1. The Kier molecular flexibility index (Phi) is 6.86. The van der Waals surface area contributed by atoms with Crippen molar-refractivity contribution in [1.29, 1.82) is 5.26 Å². The number of carbonyl (C=O) groups excluding carboxylic acids is 1. The van der Waals surface area contributed by atoms with Crippen molar-refractivity contribution in [2.24, 2.45) is 0 Å². The second-order valence-electron chi connectivity index (χ2n) is 7.33. The van der Waals surface area contributed by atoms with Crippen molar-refractivity contribution in [3.8, 4) is 11.8 Å². The minimum Gasteiger partial charge on any atom is -0.298 e. The summed E-state index contributed by atoms with van der Waals surface area (Å²) in [6, 6.07) is 26.1. The Morgan fingerprint density at radius 1 is 1.03 bits per heavy atom. The van der Waals surface area contributed by atoms with Crippen LogP contribution in [0.25, 0.3) is 16.6 Å². The molecule has 3 aromatic carbocycles. The minimum atomic E-state index is -0.233. The molecule has 1 aromatic heterocycles. The summed E-state index contributed by atoms with van der Waals surface area (Å²) < 4.78 is 1.55. The van der Waals surface area contributed by atoms with E-state index in [1.165, 1.54) is 22.2 Å². The smallest absolute Gasteiger partial charge is 0.266 e. The Labute approximate surface area is 196 Å². The Hall–Kier alpha value is -3.89. The van der Waals surface area contributed by atoms with Crippen molar-refractivity contribution >= 4 is 34.3 Å². The number of nitrogens with zero attached hydrogens (tertiary/aromatic N) is 4. The molecule has 0 unspecified atom stereocenters. The molecule has 0 atom stereocenters. The molecule has 6 nitrogen and oxygen atoms in total. The standard InChI is InChI=1S/C26H22N4O2S/c1-2-19-12-14-21(15-13-19)30-25(32)22-10-6-7-11-23(22)28-26(30)33-18-24(31)29(17-16-27)20-8-4-3-5-9-20/h3-15H,2,17-18H2,1H3. The molecule has 0 aliphatic carbocycles. The van der Waals surface area contributed by atoms with Crippen molar-refractivity contribution < 1.29 is 4.79 Å². The molecule has 4 rings (SSSR count). The third kappa shape index (κ3) is 4.81. The molecular formula is C26H22N4O2S. The van der Waals surface area contributed by atoms with E-state index in [9.17, 15) is 14.9 Å². The topological polar surface area (TPSA) is 79.0 Å². The first-order valence-corrected chi connectivity index (χ1v) is 11.6. The van der Waals surface area contributed by atoms with E-state index >= 15 is 0 Å². The van der Waals surface area contributed by atoms with Crippen LogP contribution in [-0.2, 0) is 11.2 Å². The molecule has 33 heavy (non-hydrogen) atoms. The fourth-order valence-electron chi connectivity index (χ4n) is 3.52. The van der Waals surface area contributed by atoms with Gasteiger partial charge in [0.15, 0.2) is 5.16 Å². The van der Waals surface area contributed by atoms with E-state index in [2.05, 4.69) is 13.0 Å². The zero-order valence-corrected chi connectivity index (χ0v) is 19.0. The highest BCUT2D eigenvalue weighted by atomic mass is 32.2. The van der Waals surface area contributed by atoms with E-state index in [4.69, 9.17) is 4.98 Å².